The molecule has 3 nitrogen and oxygen atoms in total. The lowest BCUT2D eigenvalue weighted by Crippen LogP contribution is -2.22. The van der Waals surface area contributed by atoms with Crippen LogP contribution in [0, 0.1) is 0 Å². The maximum absolute atomic E-state index is 5.84. The van der Waals surface area contributed by atoms with Crippen LogP contribution < -0.4 is 10.6 Å². The van der Waals surface area contributed by atoms with Gasteiger partial charge in [-0.25, -0.2) is 4.98 Å². The summed E-state index contributed by atoms with van der Waals surface area (Å²) >= 11 is 0. The summed E-state index contributed by atoms with van der Waals surface area (Å²) < 4.78 is 0. The molecule has 0 bridgehead atoms. The Hall–Kier alpha value is -1.61. The van der Waals surface area contributed by atoms with E-state index in [9.17, 15) is 0 Å². The lowest BCUT2D eigenvalue weighted by molar-refractivity contribution is 0.756. The number of hydrogen-bond donors (Lipinski definition) is 1. The SMILES string of the molecule is CCCCN(C)c1nc2ccccc2cc1CN. The van der Waals surface area contributed by atoms with Gasteiger partial charge >= 0.3 is 0 Å². The number of rotatable bonds is 5. The summed E-state index contributed by atoms with van der Waals surface area (Å²) in [5.74, 6) is 1.02. The van der Waals surface area contributed by atoms with Gasteiger partial charge in [0.05, 0.1) is 5.52 Å². The third-order valence-electron chi connectivity index (χ3n) is 3.21. The second kappa shape index (κ2) is 5.83. The molecule has 1 heterocycles. The zero-order chi connectivity index (χ0) is 13.0. The van der Waals surface area contributed by atoms with Crippen LogP contribution in [0.1, 0.15) is 25.3 Å². The third-order valence-corrected chi connectivity index (χ3v) is 3.21. The van der Waals surface area contributed by atoms with Crippen molar-refractivity contribution in [3.63, 3.8) is 0 Å². The van der Waals surface area contributed by atoms with E-state index in [1.807, 2.05) is 18.2 Å². The number of para-hydroxylation sites is 1. The van der Waals surface area contributed by atoms with Gasteiger partial charge in [0.25, 0.3) is 0 Å². The van der Waals surface area contributed by atoms with Gasteiger partial charge in [0.15, 0.2) is 0 Å². The number of hydrogen-bond acceptors (Lipinski definition) is 3. The molecule has 0 spiro atoms. The van der Waals surface area contributed by atoms with Crippen molar-refractivity contribution in [2.45, 2.75) is 26.3 Å². The highest BCUT2D eigenvalue weighted by molar-refractivity contribution is 5.81. The van der Waals surface area contributed by atoms with Crippen molar-refractivity contribution in [1.82, 2.24) is 4.98 Å². The monoisotopic (exact) mass is 243 g/mol. The van der Waals surface area contributed by atoms with E-state index in [2.05, 4.69) is 31.0 Å². The summed E-state index contributed by atoms with van der Waals surface area (Å²) in [5, 5.41) is 1.16. The topological polar surface area (TPSA) is 42.2 Å². The highest BCUT2D eigenvalue weighted by Crippen LogP contribution is 2.22. The van der Waals surface area contributed by atoms with E-state index in [4.69, 9.17) is 10.7 Å². The van der Waals surface area contributed by atoms with E-state index >= 15 is 0 Å². The molecule has 0 aliphatic rings. The molecule has 2 aromatic rings. The molecule has 0 aliphatic heterocycles. The molecule has 0 radical (unpaired) electrons. The second-order valence-electron chi connectivity index (χ2n) is 4.64. The van der Waals surface area contributed by atoms with E-state index in [0.717, 1.165) is 28.8 Å². The van der Waals surface area contributed by atoms with Crippen LogP contribution in [0.15, 0.2) is 30.3 Å². The maximum atomic E-state index is 5.84. The summed E-state index contributed by atoms with van der Waals surface area (Å²) in [6, 6.07) is 10.3. The quantitative estimate of drug-likeness (QED) is 0.878. The average Bonchev–Trinajstić information content (AvgIpc) is 2.43. The molecule has 0 saturated heterocycles. The van der Waals surface area contributed by atoms with E-state index in [-0.39, 0.29) is 0 Å². The zero-order valence-electron chi connectivity index (χ0n) is 11.2. The lowest BCUT2D eigenvalue weighted by atomic mass is 10.1. The minimum absolute atomic E-state index is 0.531. The number of fused-ring (bicyclic) bond motifs is 1. The van der Waals surface area contributed by atoms with E-state index in [1.54, 1.807) is 0 Å². The van der Waals surface area contributed by atoms with Crippen molar-refractivity contribution in [1.29, 1.82) is 0 Å². The molecule has 0 saturated carbocycles. The highest BCUT2D eigenvalue weighted by Gasteiger charge is 2.09. The van der Waals surface area contributed by atoms with Crippen molar-refractivity contribution in [3.8, 4) is 0 Å². The van der Waals surface area contributed by atoms with Crippen LogP contribution in [0.4, 0.5) is 5.82 Å². The number of nitrogens with zero attached hydrogens (tertiary/aromatic N) is 2. The molecule has 2 rings (SSSR count). The lowest BCUT2D eigenvalue weighted by Gasteiger charge is -2.21. The Bertz CT molecular complexity index is 522. The fraction of sp³-hybridized carbons (Fsp3) is 0.400. The van der Waals surface area contributed by atoms with Crippen LogP contribution in [0.3, 0.4) is 0 Å². The Kier molecular flexibility index (Phi) is 4.15. The molecule has 0 unspecified atom stereocenters. The van der Waals surface area contributed by atoms with Crippen molar-refractivity contribution >= 4 is 16.7 Å². The van der Waals surface area contributed by atoms with Crippen molar-refractivity contribution in [2.24, 2.45) is 5.73 Å². The summed E-state index contributed by atoms with van der Waals surface area (Å²) in [6.45, 7) is 3.75. The van der Waals surface area contributed by atoms with Crippen molar-refractivity contribution in [3.05, 3.63) is 35.9 Å². The standard InChI is InChI=1S/C15H21N3/c1-3-4-9-18(2)15-13(11-16)10-12-7-5-6-8-14(12)17-15/h5-8,10H,3-4,9,11,16H2,1-2H3. The van der Waals surface area contributed by atoms with Gasteiger partial charge in [-0.05, 0) is 18.6 Å². The maximum Gasteiger partial charge on any atom is 0.133 e. The van der Waals surface area contributed by atoms with E-state index < -0.39 is 0 Å². The van der Waals surface area contributed by atoms with Gasteiger partial charge in [-0.2, -0.15) is 0 Å². The molecular weight excluding hydrogens is 222 g/mol. The minimum atomic E-state index is 0.531. The van der Waals surface area contributed by atoms with Crippen molar-refractivity contribution < 1.29 is 0 Å². The molecular formula is C15H21N3. The largest absolute Gasteiger partial charge is 0.359 e. The number of nitrogens with two attached hydrogens (primary N) is 1. The number of benzene rings is 1. The average molecular weight is 243 g/mol. The Morgan fingerprint density at radius 3 is 2.78 bits per heavy atom. The van der Waals surface area contributed by atoms with Gasteiger partial charge in [-0.3, -0.25) is 0 Å². The first-order valence-corrected chi connectivity index (χ1v) is 6.56. The van der Waals surface area contributed by atoms with Crippen LogP contribution in [0.25, 0.3) is 10.9 Å². The van der Waals surface area contributed by atoms with Crippen LogP contribution in [-0.2, 0) is 6.54 Å². The summed E-state index contributed by atoms with van der Waals surface area (Å²) in [5.41, 5.74) is 7.99. The second-order valence-corrected chi connectivity index (χ2v) is 4.64. The Morgan fingerprint density at radius 1 is 1.28 bits per heavy atom. The highest BCUT2D eigenvalue weighted by atomic mass is 15.2. The van der Waals surface area contributed by atoms with Crippen LogP contribution in [0.2, 0.25) is 0 Å². The molecule has 0 aliphatic carbocycles. The summed E-state index contributed by atoms with van der Waals surface area (Å²) in [6.07, 6.45) is 2.37. The predicted molar refractivity (Wildman–Crippen MR) is 77.8 cm³/mol. The van der Waals surface area contributed by atoms with E-state index in [1.165, 1.54) is 12.8 Å². The molecule has 0 fully saturated rings. The number of unbranched alkanes of at least 4 members (excludes halogenated alkanes) is 1. The molecule has 96 valence electrons. The zero-order valence-corrected chi connectivity index (χ0v) is 11.2. The Labute approximate surface area is 109 Å². The van der Waals surface area contributed by atoms with Crippen LogP contribution in [-0.4, -0.2) is 18.6 Å². The van der Waals surface area contributed by atoms with Gasteiger partial charge in [0.1, 0.15) is 5.82 Å². The van der Waals surface area contributed by atoms with Crippen LogP contribution in [0.5, 0.6) is 0 Å². The molecule has 1 aromatic carbocycles. The van der Waals surface area contributed by atoms with Gasteiger partial charge in [-0.15, -0.1) is 0 Å². The molecule has 0 amide bonds. The normalized spacial score (nSPS) is 10.8. The minimum Gasteiger partial charge on any atom is -0.359 e. The van der Waals surface area contributed by atoms with E-state index in [0.29, 0.717) is 6.54 Å². The van der Waals surface area contributed by atoms with Crippen molar-refractivity contribution in [2.75, 3.05) is 18.5 Å². The molecule has 0 atom stereocenters. The van der Waals surface area contributed by atoms with Gasteiger partial charge in [0.2, 0.25) is 0 Å². The van der Waals surface area contributed by atoms with Gasteiger partial charge in [-0.1, -0.05) is 31.5 Å². The predicted octanol–water partition coefficient (Wildman–Crippen LogP) is 2.93. The smallest absolute Gasteiger partial charge is 0.133 e. The number of anilines is 1. The molecule has 18 heavy (non-hydrogen) atoms. The summed E-state index contributed by atoms with van der Waals surface area (Å²) in [7, 11) is 2.09. The first kappa shape index (κ1) is 12.8. The van der Waals surface area contributed by atoms with Crippen LogP contribution >= 0.6 is 0 Å². The number of pyridine rings is 1. The molecule has 2 N–H and O–H groups in total. The molecule has 1 aromatic heterocycles. The first-order valence-electron chi connectivity index (χ1n) is 6.56. The Balaban J connectivity index is 2.41. The summed E-state index contributed by atoms with van der Waals surface area (Å²) in [4.78, 5) is 6.95. The van der Waals surface area contributed by atoms with Gasteiger partial charge < -0.3 is 10.6 Å². The Morgan fingerprint density at radius 2 is 2.06 bits per heavy atom. The fourth-order valence-electron chi connectivity index (χ4n) is 2.13. The van der Waals surface area contributed by atoms with Gasteiger partial charge in [0, 0.05) is 31.1 Å². The molecule has 3 heteroatoms. The fourth-order valence-corrected chi connectivity index (χ4v) is 2.13. The first-order chi connectivity index (χ1) is 8.76. The number of aromatic nitrogens is 1. The third kappa shape index (κ3) is 2.62.